The van der Waals surface area contributed by atoms with E-state index in [2.05, 4.69) is 5.32 Å². The number of aromatic nitrogens is 1. The Labute approximate surface area is 170 Å². The summed E-state index contributed by atoms with van der Waals surface area (Å²) in [5.41, 5.74) is -0.721. The van der Waals surface area contributed by atoms with Gasteiger partial charge in [-0.1, -0.05) is 12.1 Å². The number of halogens is 3. The summed E-state index contributed by atoms with van der Waals surface area (Å²) in [7, 11) is 0. The van der Waals surface area contributed by atoms with E-state index in [1.165, 1.54) is 35.0 Å². The number of benzene rings is 2. The molecule has 0 radical (unpaired) electrons. The van der Waals surface area contributed by atoms with Crippen LogP contribution in [0.3, 0.4) is 0 Å². The molecule has 0 aliphatic carbocycles. The van der Waals surface area contributed by atoms with E-state index in [1.807, 2.05) is 6.92 Å². The van der Waals surface area contributed by atoms with Crippen LogP contribution in [0.5, 0.6) is 5.75 Å². The maximum absolute atomic E-state index is 12.9. The van der Waals surface area contributed by atoms with Gasteiger partial charge in [-0.15, -0.1) is 0 Å². The molecule has 0 bridgehead atoms. The third kappa shape index (κ3) is 5.08. The van der Waals surface area contributed by atoms with E-state index in [-0.39, 0.29) is 12.1 Å². The molecular formula is C22H19F3N2O3. The van der Waals surface area contributed by atoms with Crippen LogP contribution in [-0.2, 0) is 12.7 Å². The number of anilines is 1. The summed E-state index contributed by atoms with van der Waals surface area (Å²) in [5, 5.41) is 2.63. The van der Waals surface area contributed by atoms with E-state index < -0.39 is 23.2 Å². The first-order valence-electron chi connectivity index (χ1n) is 9.17. The van der Waals surface area contributed by atoms with Crippen molar-refractivity contribution in [1.29, 1.82) is 0 Å². The van der Waals surface area contributed by atoms with Crippen molar-refractivity contribution in [2.75, 3.05) is 11.9 Å². The van der Waals surface area contributed by atoms with Gasteiger partial charge in [0.1, 0.15) is 11.3 Å². The van der Waals surface area contributed by atoms with Crippen LogP contribution in [0.2, 0.25) is 0 Å². The third-order valence-corrected chi connectivity index (χ3v) is 4.30. The molecule has 0 fully saturated rings. The fourth-order valence-electron chi connectivity index (χ4n) is 2.88. The number of carbonyl (C=O) groups excluding carboxylic acids is 1. The summed E-state index contributed by atoms with van der Waals surface area (Å²) in [4.78, 5) is 25.2. The van der Waals surface area contributed by atoms with Gasteiger partial charge in [-0.25, -0.2) is 0 Å². The summed E-state index contributed by atoms with van der Waals surface area (Å²) in [6.07, 6.45) is -3.04. The average molecular weight is 416 g/mol. The SMILES string of the molecule is CCOc1ccc(NC(=O)c2cccn(Cc3cccc(C(F)(F)F)c3)c2=O)cc1. The van der Waals surface area contributed by atoms with E-state index >= 15 is 0 Å². The van der Waals surface area contributed by atoms with Gasteiger partial charge < -0.3 is 14.6 Å². The second-order valence-electron chi connectivity index (χ2n) is 6.46. The molecular weight excluding hydrogens is 397 g/mol. The molecule has 1 N–H and O–H groups in total. The molecule has 0 atom stereocenters. The number of ether oxygens (including phenoxy) is 1. The van der Waals surface area contributed by atoms with Gasteiger partial charge in [0, 0.05) is 11.9 Å². The molecule has 1 amide bonds. The first-order chi connectivity index (χ1) is 14.3. The van der Waals surface area contributed by atoms with Crippen LogP contribution in [0.4, 0.5) is 18.9 Å². The molecule has 3 aromatic rings. The number of pyridine rings is 1. The average Bonchev–Trinajstić information content (AvgIpc) is 2.71. The molecule has 0 unspecified atom stereocenters. The van der Waals surface area contributed by atoms with E-state index in [0.29, 0.717) is 23.6 Å². The highest BCUT2D eigenvalue weighted by Gasteiger charge is 2.30. The smallest absolute Gasteiger partial charge is 0.416 e. The van der Waals surface area contributed by atoms with Crippen LogP contribution in [-0.4, -0.2) is 17.1 Å². The predicted octanol–water partition coefficient (Wildman–Crippen LogP) is 4.57. The minimum absolute atomic E-state index is 0.0904. The maximum atomic E-state index is 12.9. The largest absolute Gasteiger partial charge is 0.494 e. The molecule has 3 rings (SSSR count). The first kappa shape index (κ1) is 21.2. The lowest BCUT2D eigenvalue weighted by atomic mass is 10.1. The zero-order valence-electron chi connectivity index (χ0n) is 16.1. The molecule has 1 aromatic heterocycles. The van der Waals surface area contributed by atoms with Crippen LogP contribution >= 0.6 is 0 Å². The van der Waals surface area contributed by atoms with Crippen LogP contribution in [0.15, 0.2) is 71.7 Å². The number of hydrogen-bond donors (Lipinski definition) is 1. The summed E-state index contributed by atoms with van der Waals surface area (Å²) >= 11 is 0. The number of hydrogen-bond acceptors (Lipinski definition) is 3. The number of nitrogens with zero attached hydrogens (tertiary/aromatic N) is 1. The lowest BCUT2D eigenvalue weighted by Gasteiger charge is -2.11. The molecule has 30 heavy (non-hydrogen) atoms. The highest BCUT2D eigenvalue weighted by molar-refractivity contribution is 6.04. The van der Waals surface area contributed by atoms with E-state index in [0.717, 1.165) is 12.1 Å². The lowest BCUT2D eigenvalue weighted by Crippen LogP contribution is -2.29. The second-order valence-corrected chi connectivity index (χ2v) is 6.46. The Morgan fingerprint density at radius 1 is 1.07 bits per heavy atom. The number of alkyl halides is 3. The van der Waals surface area contributed by atoms with Crippen molar-refractivity contribution in [3.05, 3.63) is 93.9 Å². The lowest BCUT2D eigenvalue weighted by molar-refractivity contribution is -0.137. The zero-order chi connectivity index (χ0) is 21.7. The van der Waals surface area contributed by atoms with Crippen molar-refractivity contribution in [3.8, 4) is 5.75 Å². The molecule has 8 heteroatoms. The number of carbonyl (C=O) groups is 1. The normalized spacial score (nSPS) is 11.2. The van der Waals surface area contributed by atoms with Gasteiger partial charge in [-0.2, -0.15) is 13.2 Å². The number of rotatable bonds is 6. The Morgan fingerprint density at radius 3 is 2.47 bits per heavy atom. The van der Waals surface area contributed by atoms with Gasteiger partial charge in [0.05, 0.1) is 18.7 Å². The molecule has 0 spiro atoms. The van der Waals surface area contributed by atoms with Crippen molar-refractivity contribution in [2.24, 2.45) is 0 Å². The van der Waals surface area contributed by atoms with Crippen LogP contribution in [0.25, 0.3) is 0 Å². The van der Waals surface area contributed by atoms with Gasteiger partial charge >= 0.3 is 6.18 Å². The van der Waals surface area contributed by atoms with Crippen LogP contribution in [0, 0.1) is 0 Å². The highest BCUT2D eigenvalue weighted by atomic mass is 19.4. The summed E-state index contributed by atoms with van der Waals surface area (Å²) in [6, 6.07) is 14.3. The highest BCUT2D eigenvalue weighted by Crippen LogP contribution is 2.29. The molecule has 2 aromatic carbocycles. The molecule has 0 saturated carbocycles. The fourth-order valence-corrected chi connectivity index (χ4v) is 2.88. The van der Waals surface area contributed by atoms with Crippen molar-refractivity contribution in [1.82, 2.24) is 4.57 Å². The van der Waals surface area contributed by atoms with Gasteiger partial charge in [0.15, 0.2) is 0 Å². The van der Waals surface area contributed by atoms with Gasteiger partial charge in [0.2, 0.25) is 0 Å². The first-order valence-corrected chi connectivity index (χ1v) is 9.17. The molecule has 0 aliphatic rings. The Balaban J connectivity index is 1.79. The van der Waals surface area contributed by atoms with Gasteiger partial charge in [0.25, 0.3) is 11.5 Å². The van der Waals surface area contributed by atoms with E-state index in [4.69, 9.17) is 4.74 Å². The second kappa shape index (κ2) is 8.86. The minimum Gasteiger partial charge on any atom is -0.494 e. The summed E-state index contributed by atoms with van der Waals surface area (Å²) in [5.74, 6) is 0.0428. The monoisotopic (exact) mass is 416 g/mol. The molecule has 0 saturated heterocycles. The van der Waals surface area contributed by atoms with Crippen molar-refractivity contribution in [2.45, 2.75) is 19.6 Å². The summed E-state index contributed by atoms with van der Waals surface area (Å²) in [6.45, 7) is 2.28. The van der Waals surface area contributed by atoms with Crippen molar-refractivity contribution < 1.29 is 22.7 Å². The Kier molecular flexibility index (Phi) is 6.25. The third-order valence-electron chi connectivity index (χ3n) is 4.30. The fraction of sp³-hybridized carbons (Fsp3) is 0.182. The van der Waals surface area contributed by atoms with Gasteiger partial charge in [-0.3, -0.25) is 9.59 Å². The maximum Gasteiger partial charge on any atom is 0.416 e. The number of nitrogens with one attached hydrogen (secondary N) is 1. The van der Waals surface area contributed by atoms with Crippen molar-refractivity contribution in [3.63, 3.8) is 0 Å². The predicted molar refractivity (Wildman–Crippen MR) is 107 cm³/mol. The number of amides is 1. The Bertz CT molecular complexity index is 1090. The quantitative estimate of drug-likeness (QED) is 0.641. The van der Waals surface area contributed by atoms with E-state index in [1.54, 1.807) is 24.3 Å². The van der Waals surface area contributed by atoms with Gasteiger partial charge in [-0.05, 0) is 61.0 Å². The standard InChI is InChI=1S/C22H19F3N2O3/c1-2-30-18-10-8-17(9-11-18)26-20(28)19-7-4-12-27(21(19)29)14-15-5-3-6-16(13-15)22(23,24)25/h3-13H,2,14H2,1H3,(H,26,28). The zero-order valence-corrected chi connectivity index (χ0v) is 16.1. The molecule has 5 nitrogen and oxygen atoms in total. The topological polar surface area (TPSA) is 60.3 Å². The minimum atomic E-state index is -4.47. The van der Waals surface area contributed by atoms with Crippen molar-refractivity contribution >= 4 is 11.6 Å². The molecule has 0 aliphatic heterocycles. The van der Waals surface area contributed by atoms with Crippen LogP contribution < -0.4 is 15.6 Å². The Morgan fingerprint density at radius 2 is 1.80 bits per heavy atom. The Hall–Kier alpha value is -3.55. The van der Waals surface area contributed by atoms with E-state index in [9.17, 15) is 22.8 Å². The summed E-state index contributed by atoms with van der Waals surface area (Å²) < 4.78 is 45.2. The molecule has 1 heterocycles. The molecule has 156 valence electrons. The van der Waals surface area contributed by atoms with Crippen LogP contribution in [0.1, 0.15) is 28.4 Å².